The van der Waals surface area contributed by atoms with E-state index in [1.807, 2.05) is 38.1 Å². The van der Waals surface area contributed by atoms with Crippen LogP contribution in [0.2, 0.25) is 0 Å². The van der Waals surface area contributed by atoms with Crippen molar-refractivity contribution < 1.29 is 4.74 Å². The van der Waals surface area contributed by atoms with Crippen LogP contribution in [-0.2, 0) is 0 Å². The van der Waals surface area contributed by atoms with Gasteiger partial charge in [-0.2, -0.15) is 0 Å². The molecule has 2 heterocycles. The van der Waals surface area contributed by atoms with Crippen molar-refractivity contribution in [1.29, 1.82) is 0 Å². The second-order valence-electron chi connectivity index (χ2n) is 5.21. The third-order valence-corrected chi connectivity index (χ3v) is 3.22. The molecule has 0 bridgehead atoms. The zero-order valence-electron chi connectivity index (χ0n) is 12.4. The predicted molar refractivity (Wildman–Crippen MR) is 96.5 cm³/mol. The van der Waals surface area contributed by atoms with E-state index < -0.39 is 0 Å². The summed E-state index contributed by atoms with van der Waals surface area (Å²) in [6.45, 7) is 6.13. The van der Waals surface area contributed by atoms with Gasteiger partial charge in [-0.05, 0) is 57.2 Å². The standard InChI is InChI=1S/C17H18N2O.HI/c1-12(2)20-15-9-7-14(8-10-15)16-11-19-13(3)5-4-6-17(19)18-16;/h4-12H,1-3H3;1H. The maximum atomic E-state index is 5.66. The number of hydrogen-bond donors (Lipinski definition) is 0. The molecule has 0 unspecified atom stereocenters. The van der Waals surface area contributed by atoms with Crippen molar-refractivity contribution in [3.8, 4) is 17.0 Å². The Morgan fingerprint density at radius 2 is 1.76 bits per heavy atom. The van der Waals surface area contributed by atoms with Crippen LogP contribution < -0.4 is 4.74 Å². The molecule has 0 radical (unpaired) electrons. The minimum Gasteiger partial charge on any atom is -0.491 e. The molecule has 0 amide bonds. The highest BCUT2D eigenvalue weighted by Crippen LogP contribution is 2.23. The molecule has 4 heteroatoms. The number of fused-ring (bicyclic) bond motifs is 1. The van der Waals surface area contributed by atoms with E-state index in [0.29, 0.717) is 0 Å². The van der Waals surface area contributed by atoms with Crippen LogP contribution in [0.1, 0.15) is 19.5 Å². The average Bonchev–Trinajstić information content (AvgIpc) is 2.84. The summed E-state index contributed by atoms with van der Waals surface area (Å²) in [6.07, 6.45) is 2.27. The Morgan fingerprint density at radius 3 is 2.38 bits per heavy atom. The second-order valence-corrected chi connectivity index (χ2v) is 5.21. The fourth-order valence-electron chi connectivity index (χ4n) is 2.26. The summed E-state index contributed by atoms with van der Waals surface area (Å²) in [5.74, 6) is 0.892. The van der Waals surface area contributed by atoms with E-state index in [9.17, 15) is 0 Å². The molecule has 3 aromatic rings. The van der Waals surface area contributed by atoms with Gasteiger partial charge in [0.2, 0.25) is 0 Å². The molecular weight excluding hydrogens is 375 g/mol. The van der Waals surface area contributed by atoms with Crippen molar-refractivity contribution in [2.45, 2.75) is 26.9 Å². The molecular formula is C17H19IN2O. The maximum Gasteiger partial charge on any atom is 0.137 e. The lowest BCUT2D eigenvalue weighted by atomic mass is 10.1. The molecule has 110 valence electrons. The largest absolute Gasteiger partial charge is 0.491 e. The minimum atomic E-state index is 0. The summed E-state index contributed by atoms with van der Waals surface area (Å²) in [7, 11) is 0. The van der Waals surface area contributed by atoms with Crippen molar-refractivity contribution in [2.24, 2.45) is 0 Å². The Balaban J connectivity index is 0.00000161. The van der Waals surface area contributed by atoms with E-state index in [1.165, 1.54) is 5.69 Å². The van der Waals surface area contributed by atoms with E-state index in [1.54, 1.807) is 0 Å². The summed E-state index contributed by atoms with van der Waals surface area (Å²) in [5.41, 5.74) is 4.24. The highest BCUT2D eigenvalue weighted by Gasteiger charge is 2.06. The van der Waals surface area contributed by atoms with Crippen molar-refractivity contribution in [2.75, 3.05) is 0 Å². The SMILES string of the molecule is Cc1cccc2nc(-c3ccc(OC(C)C)cc3)cn12.I. The fraction of sp³-hybridized carbons (Fsp3) is 0.235. The fourth-order valence-corrected chi connectivity index (χ4v) is 2.26. The Kier molecular flexibility index (Phi) is 4.88. The number of ether oxygens (including phenoxy) is 1. The molecule has 3 rings (SSSR count). The highest BCUT2D eigenvalue weighted by atomic mass is 127. The van der Waals surface area contributed by atoms with Gasteiger partial charge in [0.25, 0.3) is 0 Å². The summed E-state index contributed by atoms with van der Waals surface area (Å²) < 4.78 is 7.76. The highest BCUT2D eigenvalue weighted by molar-refractivity contribution is 14.0. The minimum absolute atomic E-state index is 0. The first-order chi connectivity index (χ1) is 9.63. The Morgan fingerprint density at radius 1 is 1.05 bits per heavy atom. The number of halogens is 1. The monoisotopic (exact) mass is 394 g/mol. The number of hydrogen-bond acceptors (Lipinski definition) is 2. The first-order valence-corrected chi connectivity index (χ1v) is 6.85. The van der Waals surface area contributed by atoms with E-state index in [2.05, 4.69) is 40.7 Å². The van der Waals surface area contributed by atoms with Gasteiger partial charge in [0.05, 0.1) is 11.8 Å². The van der Waals surface area contributed by atoms with Crippen LogP contribution in [0, 0.1) is 6.92 Å². The molecule has 0 fully saturated rings. The summed E-state index contributed by atoms with van der Waals surface area (Å²) in [4.78, 5) is 4.66. The van der Waals surface area contributed by atoms with Crippen molar-refractivity contribution in [3.05, 3.63) is 54.4 Å². The van der Waals surface area contributed by atoms with Gasteiger partial charge >= 0.3 is 0 Å². The summed E-state index contributed by atoms with van der Waals surface area (Å²) in [5, 5.41) is 0. The number of pyridine rings is 1. The number of imidazole rings is 1. The lowest BCUT2D eigenvalue weighted by Crippen LogP contribution is -2.05. The number of benzene rings is 1. The Bertz CT molecular complexity index is 732. The molecule has 0 N–H and O–H groups in total. The van der Waals surface area contributed by atoms with Crippen LogP contribution >= 0.6 is 24.0 Å². The zero-order chi connectivity index (χ0) is 14.1. The molecule has 0 aliphatic carbocycles. The van der Waals surface area contributed by atoms with Crippen LogP contribution in [0.5, 0.6) is 5.75 Å². The topological polar surface area (TPSA) is 26.5 Å². The van der Waals surface area contributed by atoms with Gasteiger partial charge in [0.1, 0.15) is 11.4 Å². The van der Waals surface area contributed by atoms with Crippen LogP contribution in [0.25, 0.3) is 16.9 Å². The van der Waals surface area contributed by atoms with Crippen LogP contribution in [0.4, 0.5) is 0 Å². The Labute approximate surface area is 142 Å². The van der Waals surface area contributed by atoms with Gasteiger partial charge < -0.3 is 9.14 Å². The van der Waals surface area contributed by atoms with Crippen LogP contribution in [-0.4, -0.2) is 15.5 Å². The van der Waals surface area contributed by atoms with E-state index in [0.717, 1.165) is 22.7 Å². The third-order valence-electron chi connectivity index (χ3n) is 3.22. The molecule has 21 heavy (non-hydrogen) atoms. The number of nitrogens with zero attached hydrogens (tertiary/aromatic N) is 2. The van der Waals surface area contributed by atoms with Crippen molar-refractivity contribution >= 4 is 29.6 Å². The smallest absolute Gasteiger partial charge is 0.137 e. The van der Waals surface area contributed by atoms with Gasteiger partial charge in [0, 0.05) is 17.5 Å². The van der Waals surface area contributed by atoms with Crippen molar-refractivity contribution in [1.82, 2.24) is 9.38 Å². The van der Waals surface area contributed by atoms with Crippen molar-refractivity contribution in [3.63, 3.8) is 0 Å². The van der Waals surface area contributed by atoms with E-state index in [-0.39, 0.29) is 30.1 Å². The molecule has 1 aromatic carbocycles. The summed E-state index contributed by atoms with van der Waals surface area (Å²) in [6, 6.07) is 14.2. The summed E-state index contributed by atoms with van der Waals surface area (Å²) >= 11 is 0. The molecule has 0 saturated carbocycles. The van der Waals surface area contributed by atoms with E-state index >= 15 is 0 Å². The van der Waals surface area contributed by atoms with E-state index in [4.69, 9.17) is 4.74 Å². The lowest BCUT2D eigenvalue weighted by molar-refractivity contribution is 0.242. The van der Waals surface area contributed by atoms with Crippen LogP contribution in [0.15, 0.2) is 48.7 Å². The van der Waals surface area contributed by atoms with Crippen LogP contribution in [0.3, 0.4) is 0 Å². The quantitative estimate of drug-likeness (QED) is 0.602. The number of aromatic nitrogens is 2. The molecule has 0 spiro atoms. The first-order valence-electron chi connectivity index (χ1n) is 6.85. The third kappa shape index (κ3) is 3.37. The maximum absolute atomic E-state index is 5.66. The second kappa shape index (κ2) is 6.47. The van der Waals surface area contributed by atoms with Gasteiger partial charge in [-0.1, -0.05) is 6.07 Å². The molecule has 3 nitrogen and oxygen atoms in total. The molecule has 2 aromatic heterocycles. The predicted octanol–water partition coefficient (Wildman–Crippen LogP) is 4.71. The average molecular weight is 394 g/mol. The molecule has 0 aliphatic heterocycles. The van der Waals surface area contributed by atoms with Gasteiger partial charge in [0.15, 0.2) is 0 Å². The number of aryl methyl sites for hydroxylation is 1. The Hall–Kier alpha value is -1.56. The normalized spacial score (nSPS) is 10.7. The molecule has 0 saturated heterocycles. The molecule has 0 atom stereocenters. The zero-order valence-corrected chi connectivity index (χ0v) is 14.7. The van der Waals surface area contributed by atoms with Gasteiger partial charge in [-0.25, -0.2) is 4.98 Å². The first kappa shape index (κ1) is 15.8. The number of rotatable bonds is 3. The van der Waals surface area contributed by atoms with Gasteiger partial charge in [-0.15, -0.1) is 24.0 Å². The lowest BCUT2D eigenvalue weighted by Gasteiger charge is -2.09. The molecule has 0 aliphatic rings. The van der Waals surface area contributed by atoms with Gasteiger partial charge in [-0.3, -0.25) is 0 Å².